The second kappa shape index (κ2) is 7.24. The molecule has 0 saturated carbocycles. The number of nitrogens with one attached hydrogen (secondary N) is 2. The lowest BCUT2D eigenvalue weighted by atomic mass is 10.3. The van der Waals surface area contributed by atoms with Crippen LogP contribution in [0.15, 0.2) is 22.8 Å². The Morgan fingerprint density at radius 1 is 1.29 bits per heavy atom. The molecule has 0 radical (unpaired) electrons. The molecule has 0 atom stereocenters. The summed E-state index contributed by atoms with van der Waals surface area (Å²) in [6.07, 6.45) is 2.57. The van der Waals surface area contributed by atoms with Gasteiger partial charge in [0.25, 0.3) is 0 Å². The van der Waals surface area contributed by atoms with Gasteiger partial charge >= 0.3 is 0 Å². The molecule has 0 aliphatic rings. The molecule has 1 aromatic heterocycles. The van der Waals surface area contributed by atoms with Crippen LogP contribution in [0.25, 0.3) is 0 Å². The van der Waals surface area contributed by atoms with Crippen LogP contribution in [0.2, 0.25) is 10.0 Å². The Labute approximate surface area is 140 Å². The van der Waals surface area contributed by atoms with E-state index >= 15 is 0 Å². The van der Waals surface area contributed by atoms with Crippen molar-refractivity contribution < 1.29 is 4.39 Å². The Bertz CT molecular complexity index is 631. The number of anilines is 3. The number of rotatable bonds is 5. The Hall–Kier alpha value is -1.11. The third-order valence-corrected chi connectivity index (χ3v) is 3.70. The van der Waals surface area contributed by atoms with Crippen molar-refractivity contribution in [2.24, 2.45) is 0 Å². The summed E-state index contributed by atoms with van der Waals surface area (Å²) in [6.45, 7) is 2.81. The normalized spacial score (nSPS) is 10.5. The van der Waals surface area contributed by atoms with Gasteiger partial charge in [0.05, 0.1) is 20.2 Å². The fourth-order valence-electron chi connectivity index (χ4n) is 1.56. The minimum Gasteiger partial charge on any atom is -0.354 e. The first kappa shape index (κ1) is 16.3. The summed E-state index contributed by atoms with van der Waals surface area (Å²) >= 11 is 15.3. The molecule has 0 unspecified atom stereocenters. The topological polar surface area (TPSA) is 49.8 Å². The number of hydrogen-bond acceptors (Lipinski definition) is 4. The lowest BCUT2D eigenvalue weighted by Crippen LogP contribution is -2.06. The lowest BCUT2D eigenvalue weighted by Gasteiger charge is -2.12. The zero-order chi connectivity index (χ0) is 15.4. The molecule has 0 aliphatic heterocycles. The highest BCUT2D eigenvalue weighted by molar-refractivity contribution is 9.10. The van der Waals surface area contributed by atoms with Crippen LogP contribution in [0.4, 0.5) is 21.8 Å². The summed E-state index contributed by atoms with van der Waals surface area (Å²) in [5.41, 5.74) is 0.389. The molecular weight excluding hydrogens is 382 g/mol. The van der Waals surface area contributed by atoms with Gasteiger partial charge in [0.15, 0.2) is 0 Å². The summed E-state index contributed by atoms with van der Waals surface area (Å²) in [5, 5.41) is 6.41. The average Bonchev–Trinajstić information content (AvgIpc) is 2.43. The Morgan fingerprint density at radius 2 is 1.95 bits per heavy atom. The van der Waals surface area contributed by atoms with E-state index in [1.807, 2.05) is 6.92 Å². The Morgan fingerprint density at radius 3 is 2.57 bits per heavy atom. The van der Waals surface area contributed by atoms with Crippen molar-refractivity contribution in [3.8, 4) is 0 Å². The molecule has 2 rings (SSSR count). The molecule has 112 valence electrons. The predicted molar refractivity (Wildman–Crippen MR) is 88.2 cm³/mol. The van der Waals surface area contributed by atoms with Crippen LogP contribution in [0.5, 0.6) is 0 Å². The van der Waals surface area contributed by atoms with Crippen molar-refractivity contribution in [1.82, 2.24) is 9.97 Å². The van der Waals surface area contributed by atoms with Crippen LogP contribution in [0.3, 0.4) is 0 Å². The molecule has 0 spiro atoms. The summed E-state index contributed by atoms with van der Waals surface area (Å²) in [6, 6.07) is 2.36. The molecule has 0 bridgehead atoms. The maximum atomic E-state index is 13.2. The van der Waals surface area contributed by atoms with E-state index in [9.17, 15) is 4.39 Å². The van der Waals surface area contributed by atoms with Gasteiger partial charge in [-0.2, -0.15) is 4.98 Å². The molecule has 4 nitrogen and oxygen atoms in total. The zero-order valence-corrected chi connectivity index (χ0v) is 14.2. The van der Waals surface area contributed by atoms with Crippen molar-refractivity contribution in [1.29, 1.82) is 0 Å². The van der Waals surface area contributed by atoms with Crippen molar-refractivity contribution in [2.75, 3.05) is 17.2 Å². The van der Waals surface area contributed by atoms with Gasteiger partial charge in [-0.05, 0) is 34.5 Å². The average molecular weight is 394 g/mol. The number of hydrogen-bond donors (Lipinski definition) is 2. The summed E-state index contributed by atoms with van der Waals surface area (Å²) in [4.78, 5) is 8.46. The van der Waals surface area contributed by atoms with Crippen molar-refractivity contribution in [3.63, 3.8) is 0 Å². The van der Waals surface area contributed by atoms with E-state index in [0.29, 0.717) is 21.9 Å². The fourth-order valence-corrected chi connectivity index (χ4v) is 2.40. The first-order valence-corrected chi connectivity index (χ1v) is 7.74. The van der Waals surface area contributed by atoms with Gasteiger partial charge in [0.1, 0.15) is 11.6 Å². The van der Waals surface area contributed by atoms with Gasteiger partial charge in [0.2, 0.25) is 5.95 Å². The molecule has 0 amide bonds. The van der Waals surface area contributed by atoms with Gasteiger partial charge in [-0.25, -0.2) is 9.37 Å². The second-order valence-electron chi connectivity index (χ2n) is 4.19. The van der Waals surface area contributed by atoms with Gasteiger partial charge in [0, 0.05) is 12.7 Å². The van der Waals surface area contributed by atoms with Gasteiger partial charge in [-0.3, -0.25) is 0 Å². The van der Waals surface area contributed by atoms with E-state index in [1.54, 1.807) is 6.20 Å². The van der Waals surface area contributed by atoms with Gasteiger partial charge in [-0.1, -0.05) is 30.1 Å². The third kappa shape index (κ3) is 4.18. The van der Waals surface area contributed by atoms with Crippen LogP contribution in [-0.2, 0) is 0 Å². The molecule has 0 aliphatic carbocycles. The van der Waals surface area contributed by atoms with Crippen LogP contribution >= 0.6 is 39.1 Å². The quantitative estimate of drug-likeness (QED) is 0.728. The predicted octanol–water partition coefficient (Wildman–Crippen LogP) is 5.25. The summed E-state index contributed by atoms with van der Waals surface area (Å²) in [5.74, 6) is 0.471. The highest BCUT2D eigenvalue weighted by atomic mass is 79.9. The molecule has 0 fully saturated rings. The van der Waals surface area contributed by atoms with E-state index in [1.165, 1.54) is 12.1 Å². The molecule has 2 N–H and O–H groups in total. The number of nitrogens with zero attached hydrogens (tertiary/aromatic N) is 2. The van der Waals surface area contributed by atoms with Crippen molar-refractivity contribution >= 4 is 56.6 Å². The SMILES string of the molecule is CCCNc1ncc(Br)c(Nc2c(Cl)cc(F)cc2Cl)n1. The largest absolute Gasteiger partial charge is 0.354 e. The van der Waals surface area contributed by atoms with E-state index < -0.39 is 5.82 Å². The van der Waals surface area contributed by atoms with Crippen LogP contribution < -0.4 is 10.6 Å². The first-order chi connectivity index (χ1) is 10.0. The lowest BCUT2D eigenvalue weighted by molar-refractivity contribution is 0.628. The molecule has 0 saturated heterocycles. The van der Waals surface area contributed by atoms with E-state index in [-0.39, 0.29) is 10.0 Å². The summed E-state index contributed by atoms with van der Waals surface area (Å²) < 4.78 is 13.8. The maximum absolute atomic E-state index is 13.2. The third-order valence-electron chi connectivity index (χ3n) is 2.53. The summed E-state index contributed by atoms with van der Waals surface area (Å²) in [7, 11) is 0. The number of benzene rings is 1. The highest BCUT2D eigenvalue weighted by Gasteiger charge is 2.12. The minimum atomic E-state index is -0.498. The molecule has 8 heteroatoms. The van der Waals surface area contributed by atoms with Crippen LogP contribution in [-0.4, -0.2) is 16.5 Å². The first-order valence-electron chi connectivity index (χ1n) is 6.19. The van der Waals surface area contributed by atoms with Crippen LogP contribution in [0.1, 0.15) is 13.3 Å². The van der Waals surface area contributed by atoms with Gasteiger partial charge in [-0.15, -0.1) is 0 Å². The minimum absolute atomic E-state index is 0.175. The number of aromatic nitrogens is 2. The van der Waals surface area contributed by atoms with E-state index in [4.69, 9.17) is 23.2 Å². The van der Waals surface area contributed by atoms with Crippen molar-refractivity contribution in [3.05, 3.63) is 38.7 Å². The van der Waals surface area contributed by atoms with Gasteiger partial charge < -0.3 is 10.6 Å². The highest BCUT2D eigenvalue weighted by Crippen LogP contribution is 2.35. The molecule has 2 aromatic rings. The van der Waals surface area contributed by atoms with Crippen molar-refractivity contribution in [2.45, 2.75) is 13.3 Å². The molecule has 21 heavy (non-hydrogen) atoms. The standard InChI is InChI=1S/C13H12BrCl2FN4/c1-2-3-18-13-19-6-8(14)12(21-13)20-11-9(15)4-7(17)5-10(11)16/h4-6H,2-3H2,1H3,(H2,18,19,20,21). The molecule has 1 aromatic carbocycles. The Kier molecular flexibility index (Phi) is 5.61. The second-order valence-corrected chi connectivity index (χ2v) is 5.86. The molecule has 1 heterocycles. The molecular formula is C13H12BrCl2FN4. The smallest absolute Gasteiger partial charge is 0.224 e. The maximum Gasteiger partial charge on any atom is 0.224 e. The van der Waals surface area contributed by atoms with Crippen LogP contribution in [0, 0.1) is 5.82 Å². The van der Waals surface area contributed by atoms with E-state index in [0.717, 1.165) is 13.0 Å². The number of halogens is 4. The zero-order valence-electron chi connectivity index (χ0n) is 11.1. The van der Waals surface area contributed by atoms with E-state index in [2.05, 4.69) is 36.5 Å². The Balaban J connectivity index is 2.31. The monoisotopic (exact) mass is 392 g/mol. The fraction of sp³-hybridized carbons (Fsp3) is 0.231.